The lowest BCUT2D eigenvalue weighted by Gasteiger charge is -2.10. The molecule has 0 bridgehead atoms. The Kier molecular flexibility index (Phi) is 14.1. The van der Waals surface area contributed by atoms with Crippen LogP contribution >= 0.6 is 23.1 Å². The highest BCUT2D eigenvalue weighted by atomic mass is 32.2. The van der Waals surface area contributed by atoms with Crippen LogP contribution in [0.25, 0.3) is 0 Å². The highest BCUT2D eigenvalue weighted by Gasteiger charge is 2.23. The molecule has 1 aliphatic heterocycles. The van der Waals surface area contributed by atoms with Crippen LogP contribution in [0.1, 0.15) is 27.7 Å². The van der Waals surface area contributed by atoms with Crippen molar-refractivity contribution in [2.75, 3.05) is 40.5 Å². The predicted molar refractivity (Wildman–Crippen MR) is 127 cm³/mol. The Bertz CT molecular complexity index is 767. The van der Waals surface area contributed by atoms with Crippen molar-refractivity contribution in [3.8, 4) is 11.5 Å². The molecule has 170 valence electrons. The molecule has 1 aromatic carbocycles. The van der Waals surface area contributed by atoms with Gasteiger partial charge in [0.2, 0.25) is 11.5 Å². The van der Waals surface area contributed by atoms with Crippen molar-refractivity contribution in [2.45, 2.75) is 27.7 Å². The molecule has 0 aliphatic carbocycles. The van der Waals surface area contributed by atoms with Crippen LogP contribution in [0.3, 0.4) is 0 Å². The summed E-state index contributed by atoms with van der Waals surface area (Å²) in [7, 11) is 2.99. The molecule has 2 rings (SSSR count). The number of rotatable bonds is 6. The first-order valence-corrected chi connectivity index (χ1v) is 11.0. The van der Waals surface area contributed by atoms with Gasteiger partial charge in [0.1, 0.15) is 0 Å². The van der Waals surface area contributed by atoms with Gasteiger partial charge in [0.25, 0.3) is 22.7 Å². The lowest BCUT2D eigenvalue weighted by atomic mass is 10.2. The zero-order valence-electron chi connectivity index (χ0n) is 18.2. The van der Waals surface area contributed by atoms with E-state index in [2.05, 4.69) is 37.5 Å². The van der Waals surface area contributed by atoms with Crippen LogP contribution < -0.4 is 31.0 Å². The standard InChI is InChI=1S/C8H10O4.C7H12N2O2S.C3H8N2S/c1-3-11-7-5(9)6(10)8(7)12-4-2;1-4-10-6-7(11-5-2)9-12(3)8-6;1-4-3(6)5-2/h3-4H2,1-2H3;3-5H2,1-2H3;1-2H3,(H2,4,5,6). The monoisotopic (exact) mass is 462 g/mol. The summed E-state index contributed by atoms with van der Waals surface area (Å²) >= 11 is 4.63. The summed E-state index contributed by atoms with van der Waals surface area (Å²) in [6.07, 6.45) is 0. The quantitative estimate of drug-likeness (QED) is 0.474. The van der Waals surface area contributed by atoms with E-state index < -0.39 is 21.7 Å². The van der Waals surface area contributed by atoms with Gasteiger partial charge in [0.15, 0.2) is 5.11 Å². The Morgan fingerprint density at radius 1 is 0.833 bits per heavy atom. The molecule has 0 unspecified atom stereocenters. The number of nitrogens with zero attached hydrogens (tertiary/aromatic N) is 2. The van der Waals surface area contributed by atoms with E-state index in [1.54, 1.807) is 27.9 Å². The third-order valence-corrected chi connectivity index (χ3v) is 4.14. The van der Waals surface area contributed by atoms with Gasteiger partial charge < -0.3 is 29.6 Å². The number of nitrogens with one attached hydrogen (secondary N) is 2. The maximum absolute atomic E-state index is 10.8. The maximum Gasteiger partial charge on any atom is 0.286 e. The van der Waals surface area contributed by atoms with Crippen molar-refractivity contribution in [1.82, 2.24) is 10.6 Å². The van der Waals surface area contributed by atoms with E-state index in [9.17, 15) is 9.59 Å². The summed E-state index contributed by atoms with van der Waals surface area (Å²) in [5.41, 5.74) is -1.17. The van der Waals surface area contributed by atoms with Gasteiger partial charge in [-0.05, 0) is 45.8 Å². The highest BCUT2D eigenvalue weighted by molar-refractivity contribution is 8.12. The van der Waals surface area contributed by atoms with Gasteiger partial charge in [0.05, 0.1) is 26.4 Å². The highest BCUT2D eigenvalue weighted by Crippen LogP contribution is 2.21. The van der Waals surface area contributed by atoms with E-state index >= 15 is 0 Å². The fourth-order valence-corrected chi connectivity index (χ4v) is 2.45. The molecule has 0 amide bonds. The fourth-order valence-electron chi connectivity index (χ4n) is 1.77. The molecule has 1 aromatic rings. The van der Waals surface area contributed by atoms with Crippen LogP contribution in [-0.4, -0.2) is 63.3 Å². The normalized spacial score (nSPS) is 12.3. The maximum atomic E-state index is 10.8. The van der Waals surface area contributed by atoms with Crippen molar-refractivity contribution in [3.05, 3.63) is 20.4 Å². The summed E-state index contributed by atoms with van der Waals surface area (Å²) in [6.45, 7) is 9.15. The second kappa shape index (κ2) is 15.4. The predicted octanol–water partition coefficient (Wildman–Crippen LogP) is 1.19. The minimum absolute atomic E-state index is 0.0735. The zero-order chi connectivity index (χ0) is 23.1. The van der Waals surface area contributed by atoms with Crippen LogP contribution in [0.4, 0.5) is 0 Å². The molecule has 0 aromatic heterocycles. The molecule has 1 aliphatic rings. The van der Waals surface area contributed by atoms with Gasteiger partial charge in [-0.25, -0.2) is 0 Å². The van der Waals surface area contributed by atoms with E-state index in [0.717, 1.165) is 0 Å². The first-order chi connectivity index (χ1) is 14.3. The Hall–Kier alpha value is -2.47. The molecule has 10 nitrogen and oxygen atoms in total. The number of thiocarbonyl (C=S) groups is 1. The molecule has 0 saturated heterocycles. The number of hydrogen-bond donors (Lipinski definition) is 2. The first kappa shape index (κ1) is 27.5. The molecule has 0 saturated carbocycles. The molecule has 0 radical (unpaired) electrons. The minimum Gasteiger partial charge on any atom is -0.486 e. The van der Waals surface area contributed by atoms with E-state index in [1.807, 2.05) is 13.8 Å². The van der Waals surface area contributed by atoms with Gasteiger partial charge in [-0.1, -0.05) is 0 Å². The van der Waals surface area contributed by atoms with Gasteiger partial charge >= 0.3 is 0 Å². The largest absolute Gasteiger partial charge is 0.486 e. The van der Waals surface area contributed by atoms with Crippen LogP contribution in [-0.2, 0) is 9.47 Å². The topological polar surface area (TPSA) is 120 Å². The number of ether oxygens (including phenoxy) is 4. The van der Waals surface area contributed by atoms with Crippen molar-refractivity contribution in [1.29, 1.82) is 0 Å². The Balaban J connectivity index is 0.000000447. The van der Waals surface area contributed by atoms with Crippen LogP contribution in [0, 0.1) is 0 Å². The lowest BCUT2D eigenvalue weighted by molar-refractivity contribution is 0.274. The SMILES string of the molecule is C=S1N=C(OCC)C(OCC)=N1.CCOc1c(OCC)c(=O)c1=O.CNC(=S)NC. The van der Waals surface area contributed by atoms with Crippen molar-refractivity contribution in [3.63, 3.8) is 0 Å². The van der Waals surface area contributed by atoms with Crippen LogP contribution in [0.5, 0.6) is 11.5 Å². The first-order valence-electron chi connectivity index (χ1n) is 9.26. The summed E-state index contributed by atoms with van der Waals surface area (Å²) < 4.78 is 28.3. The summed E-state index contributed by atoms with van der Waals surface area (Å²) in [5, 5.41) is 6.15. The van der Waals surface area contributed by atoms with Crippen molar-refractivity contribution in [2.24, 2.45) is 8.80 Å². The van der Waals surface area contributed by atoms with Crippen molar-refractivity contribution < 1.29 is 18.9 Å². The van der Waals surface area contributed by atoms with Crippen LogP contribution in [0.2, 0.25) is 0 Å². The van der Waals surface area contributed by atoms with Gasteiger partial charge in [-0.15, -0.1) is 0 Å². The second-order valence-electron chi connectivity index (χ2n) is 5.01. The van der Waals surface area contributed by atoms with E-state index in [1.165, 1.54) is 0 Å². The second-order valence-corrected chi connectivity index (χ2v) is 6.46. The lowest BCUT2D eigenvalue weighted by Crippen LogP contribution is -2.34. The molecule has 1 heterocycles. The van der Waals surface area contributed by atoms with Crippen molar-refractivity contribution >= 4 is 45.9 Å². The zero-order valence-corrected chi connectivity index (χ0v) is 19.8. The summed E-state index contributed by atoms with van der Waals surface area (Å²) in [4.78, 5) is 21.6. The molecule has 0 fully saturated rings. The average molecular weight is 463 g/mol. The molecule has 0 atom stereocenters. The van der Waals surface area contributed by atoms with E-state index in [-0.39, 0.29) is 11.5 Å². The van der Waals surface area contributed by atoms with E-state index in [0.29, 0.717) is 43.3 Å². The third-order valence-electron chi connectivity index (χ3n) is 2.98. The molecular formula is C18H30N4O6S2. The molecule has 12 heteroatoms. The van der Waals surface area contributed by atoms with E-state index in [4.69, 9.17) is 18.9 Å². The van der Waals surface area contributed by atoms with Gasteiger partial charge in [0, 0.05) is 25.0 Å². The molecule has 0 spiro atoms. The van der Waals surface area contributed by atoms with Gasteiger partial charge in [-0.2, -0.15) is 8.80 Å². The Morgan fingerprint density at radius 3 is 1.40 bits per heavy atom. The third kappa shape index (κ3) is 8.91. The Labute approximate surface area is 184 Å². The summed E-state index contributed by atoms with van der Waals surface area (Å²) in [5.74, 6) is 4.81. The summed E-state index contributed by atoms with van der Waals surface area (Å²) in [6, 6.07) is 0. The molecule has 2 N–H and O–H groups in total. The van der Waals surface area contributed by atoms with Gasteiger partial charge in [-0.3, -0.25) is 9.59 Å². The number of hydrogen-bond acceptors (Lipinski definition) is 9. The molecular weight excluding hydrogens is 432 g/mol. The Morgan fingerprint density at radius 2 is 1.17 bits per heavy atom. The smallest absolute Gasteiger partial charge is 0.286 e. The minimum atomic E-state index is -0.583. The van der Waals surface area contributed by atoms with Crippen LogP contribution in [0.15, 0.2) is 18.4 Å². The fraction of sp³-hybridized carbons (Fsp3) is 0.556. The average Bonchev–Trinajstić information content (AvgIpc) is 3.10. The molecule has 30 heavy (non-hydrogen) atoms.